The van der Waals surface area contributed by atoms with Crippen molar-refractivity contribution in [2.24, 2.45) is 5.41 Å². The van der Waals surface area contributed by atoms with Crippen LogP contribution in [0.4, 0.5) is 8.78 Å². The van der Waals surface area contributed by atoms with Crippen molar-refractivity contribution in [1.29, 1.82) is 0 Å². The van der Waals surface area contributed by atoms with E-state index in [1.165, 1.54) is 0 Å². The zero-order chi connectivity index (χ0) is 22.6. The van der Waals surface area contributed by atoms with Crippen molar-refractivity contribution in [2.45, 2.75) is 50.5 Å². The minimum absolute atomic E-state index is 0.00841. The number of nitrogens with zero attached hydrogens (tertiary/aromatic N) is 2. The predicted molar refractivity (Wildman–Crippen MR) is 116 cm³/mol. The van der Waals surface area contributed by atoms with E-state index in [0.717, 1.165) is 12.5 Å². The van der Waals surface area contributed by atoms with Gasteiger partial charge in [0, 0.05) is 42.7 Å². The molecule has 0 spiro atoms. The maximum Gasteiger partial charge on any atom is 0.251 e. The average Bonchev–Trinajstić information content (AvgIpc) is 3.53. The highest BCUT2D eigenvalue weighted by atomic mass is 19.3. The molecular weight excluding hydrogens is 400 g/mol. The number of halogens is 2. The van der Waals surface area contributed by atoms with E-state index in [1.54, 1.807) is 36.7 Å². The average molecular weight is 432 g/mol. The molecular formula is C24H31F2N3O2. The lowest BCUT2D eigenvalue weighted by atomic mass is 9.77. The summed E-state index contributed by atoms with van der Waals surface area (Å²) >= 11 is 0. The number of rotatable bonds is 10. The summed E-state index contributed by atoms with van der Waals surface area (Å²) in [5.41, 5.74) is 0.548. The van der Waals surface area contributed by atoms with Gasteiger partial charge in [0.25, 0.3) is 5.92 Å². The Balaban J connectivity index is 1.67. The molecule has 2 aromatic rings. The van der Waals surface area contributed by atoms with Crippen LogP contribution in [-0.2, 0) is 11.2 Å². The van der Waals surface area contributed by atoms with Crippen LogP contribution in [0.25, 0.3) is 0 Å². The van der Waals surface area contributed by atoms with E-state index in [4.69, 9.17) is 0 Å². The van der Waals surface area contributed by atoms with Crippen molar-refractivity contribution in [3.05, 3.63) is 59.9 Å². The molecule has 2 N–H and O–H groups in total. The van der Waals surface area contributed by atoms with Crippen LogP contribution in [0.15, 0.2) is 48.8 Å². The summed E-state index contributed by atoms with van der Waals surface area (Å²) < 4.78 is 28.9. The fourth-order valence-corrected chi connectivity index (χ4v) is 4.27. The molecule has 1 saturated carbocycles. The highest BCUT2D eigenvalue weighted by molar-refractivity contribution is 5.77. The van der Waals surface area contributed by atoms with E-state index in [-0.39, 0.29) is 24.1 Å². The monoisotopic (exact) mass is 431 g/mol. The molecule has 1 aliphatic carbocycles. The SMILES string of the molecule is CN(C)[C@H](CNC(=O)CC(c1cccnc1)C1(C(C)(F)F)CC1)Cc1ccc(O)cc1. The van der Waals surface area contributed by atoms with Gasteiger partial charge in [0.2, 0.25) is 5.91 Å². The lowest BCUT2D eigenvalue weighted by Gasteiger charge is -2.32. The first kappa shape index (κ1) is 23.1. The predicted octanol–water partition coefficient (Wildman–Crippen LogP) is 3.99. The van der Waals surface area contributed by atoms with Gasteiger partial charge in [0.1, 0.15) is 5.75 Å². The number of phenols is 1. The summed E-state index contributed by atoms with van der Waals surface area (Å²) in [4.78, 5) is 18.9. The Morgan fingerprint density at radius 1 is 1.26 bits per heavy atom. The molecule has 1 heterocycles. The first-order chi connectivity index (χ1) is 14.6. The van der Waals surface area contributed by atoms with Crippen LogP contribution in [0.5, 0.6) is 5.75 Å². The lowest BCUT2D eigenvalue weighted by molar-refractivity contribution is -0.123. The molecule has 1 aliphatic rings. The molecule has 0 saturated heterocycles. The van der Waals surface area contributed by atoms with Gasteiger partial charge in [-0.3, -0.25) is 9.78 Å². The fraction of sp³-hybridized carbons (Fsp3) is 0.500. The molecule has 1 unspecified atom stereocenters. The number of carbonyl (C=O) groups excluding carboxylic acids is 1. The number of aromatic nitrogens is 1. The van der Waals surface area contributed by atoms with E-state index in [9.17, 15) is 18.7 Å². The lowest BCUT2D eigenvalue weighted by Crippen LogP contribution is -2.43. The van der Waals surface area contributed by atoms with Gasteiger partial charge in [-0.25, -0.2) is 8.78 Å². The van der Waals surface area contributed by atoms with E-state index < -0.39 is 17.3 Å². The summed E-state index contributed by atoms with van der Waals surface area (Å²) in [5, 5.41) is 12.4. The Labute approximate surface area is 182 Å². The van der Waals surface area contributed by atoms with Crippen LogP contribution >= 0.6 is 0 Å². The summed E-state index contributed by atoms with van der Waals surface area (Å²) in [6.45, 7) is 1.36. The van der Waals surface area contributed by atoms with Gasteiger partial charge in [0.05, 0.1) is 0 Å². The molecule has 5 nitrogen and oxygen atoms in total. The van der Waals surface area contributed by atoms with Crippen molar-refractivity contribution >= 4 is 5.91 Å². The molecule has 0 bridgehead atoms. The van der Waals surface area contributed by atoms with Crippen LogP contribution in [0.3, 0.4) is 0 Å². The molecule has 7 heteroatoms. The molecule has 31 heavy (non-hydrogen) atoms. The number of aromatic hydroxyl groups is 1. The molecule has 168 valence electrons. The number of pyridine rings is 1. The number of hydrogen-bond donors (Lipinski definition) is 2. The van der Waals surface area contributed by atoms with Gasteiger partial charge >= 0.3 is 0 Å². The number of benzene rings is 1. The van der Waals surface area contributed by atoms with Crippen LogP contribution in [0, 0.1) is 5.41 Å². The number of hydrogen-bond acceptors (Lipinski definition) is 4. The Morgan fingerprint density at radius 2 is 1.94 bits per heavy atom. The van der Waals surface area contributed by atoms with Crippen LogP contribution < -0.4 is 5.32 Å². The zero-order valence-electron chi connectivity index (χ0n) is 18.3. The number of carbonyl (C=O) groups is 1. The molecule has 0 aliphatic heterocycles. The van der Waals surface area contributed by atoms with Crippen molar-refractivity contribution in [2.75, 3.05) is 20.6 Å². The van der Waals surface area contributed by atoms with Crippen molar-refractivity contribution in [3.8, 4) is 5.75 Å². The molecule has 1 amide bonds. The minimum atomic E-state index is -2.86. The third kappa shape index (κ3) is 5.58. The zero-order valence-corrected chi connectivity index (χ0v) is 18.3. The topological polar surface area (TPSA) is 65.5 Å². The van der Waals surface area contributed by atoms with Gasteiger partial charge in [-0.2, -0.15) is 0 Å². The third-order valence-corrected chi connectivity index (χ3v) is 6.48. The largest absolute Gasteiger partial charge is 0.508 e. The fourth-order valence-electron chi connectivity index (χ4n) is 4.27. The van der Waals surface area contributed by atoms with E-state index >= 15 is 0 Å². The molecule has 3 rings (SSSR count). The number of nitrogens with one attached hydrogen (secondary N) is 1. The highest BCUT2D eigenvalue weighted by Gasteiger charge is 2.63. The number of amides is 1. The third-order valence-electron chi connectivity index (χ3n) is 6.48. The summed E-state index contributed by atoms with van der Waals surface area (Å²) in [6.07, 6.45) is 4.71. The van der Waals surface area contributed by atoms with Crippen LogP contribution in [0.2, 0.25) is 0 Å². The maximum atomic E-state index is 14.5. The van der Waals surface area contributed by atoms with Gasteiger partial charge in [-0.1, -0.05) is 18.2 Å². The Hall–Kier alpha value is -2.54. The standard InChI is InChI=1S/C24H31F2N3O2/c1-23(25,26)24(10-11-24)21(18-5-4-12-27-15-18)14-22(31)28-16-19(29(2)3)13-17-6-8-20(30)9-7-17/h4-9,12,15,19,21,30H,10-11,13-14,16H2,1-3H3,(H,28,31)/t19-,21?/m0/s1. The second kappa shape index (κ2) is 9.30. The number of phenolic OH excluding ortho intramolecular Hbond substituents is 1. The first-order valence-corrected chi connectivity index (χ1v) is 10.6. The Morgan fingerprint density at radius 3 is 2.45 bits per heavy atom. The smallest absolute Gasteiger partial charge is 0.251 e. The molecule has 1 aromatic heterocycles. The van der Waals surface area contributed by atoms with Crippen LogP contribution in [-0.4, -0.2) is 53.5 Å². The summed E-state index contributed by atoms with van der Waals surface area (Å²) in [6, 6.07) is 10.5. The number of likely N-dealkylation sites (N-methyl/N-ethyl adjacent to an activating group) is 1. The molecule has 1 fully saturated rings. The van der Waals surface area contributed by atoms with Gasteiger partial charge in [-0.15, -0.1) is 0 Å². The maximum absolute atomic E-state index is 14.5. The van der Waals surface area contributed by atoms with E-state index in [1.807, 2.05) is 31.1 Å². The van der Waals surface area contributed by atoms with Crippen molar-refractivity contribution in [3.63, 3.8) is 0 Å². The van der Waals surface area contributed by atoms with Gasteiger partial charge in [0.15, 0.2) is 0 Å². The second-order valence-corrected chi connectivity index (χ2v) is 8.88. The minimum Gasteiger partial charge on any atom is -0.508 e. The normalized spacial score (nSPS) is 17.2. The highest BCUT2D eigenvalue weighted by Crippen LogP contribution is 2.65. The summed E-state index contributed by atoms with van der Waals surface area (Å²) in [5.74, 6) is -3.46. The molecule has 2 atom stereocenters. The molecule has 0 radical (unpaired) electrons. The Bertz CT molecular complexity index is 863. The summed E-state index contributed by atoms with van der Waals surface area (Å²) in [7, 11) is 3.87. The van der Waals surface area contributed by atoms with Gasteiger partial charge < -0.3 is 15.3 Å². The number of alkyl halides is 2. The van der Waals surface area contributed by atoms with Crippen molar-refractivity contribution in [1.82, 2.24) is 15.2 Å². The molecule has 1 aromatic carbocycles. The Kier molecular flexibility index (Phi) is 6.94. The van der Waals surface area contributed by atoms with Crippen molar-refractivity contribution < 1.29 is 18.7 Å². The first-order valence-electron chi connectivity index (χ1n) is 10.6. The van der Waals surface area contributed by atoms with Crippen LogP contribution in [0.1, 0.15) is 43.2 Å². The quantitative estimate of drug-likeness (QED) is 0.597. The second-order valence-electron chi connectivity index (χ2n) is 8.88. The van der Waals surface area contributed by atoms with E-state index in [2.05, 4.69) is 10.3 Å². The van der Waals surface area contributed by atoms with E-state index in [0.29, 0.717) is 31.4 Å². The van der Waals surface area contributed by atoms with Gasteiger partial charge in [-0.05, 0) is 69.6 Å².